The molecule has 0 aliphatic carbocycles. The molecule has 0 fully saturated rings. The van der Waals surface area contributed by atoms with Crippen molar-refractivity contribution >= 4 is 37.0 Å². The second-order valence-electron chi connectivity index (χ2n) is 1.86. The van der Waals surface area contributed by atoms with Gasteiger partial charge in [0.05, 0.1) is 0 Å². The van der Waals surface area contributed by atoms with Gasteiger partial charge >= 0.3 is 0 Å². The third kappa shape index (κ3) is 32.7. The van der Waals surface area contributed by atoms with Crippen LogP contribution in [0.5, 0.6) is 0 Å². The van der Waals surface area contributed by atoms with Gasteiger partial charge in [-0.05, 0) is 37.5 Å². The van der Waals surface area contributed by atoms with E-state index in [1.165, 1.54) is 37.5 Å². The molecule has 0 bridgehead atoms. The average molecular weight is 411 g/mol. The van der Waals surface area contributed by atoms with Crippen molar-refractivity contribution < 1.29 is 21.1 Å². The molecule has 0 spiro atoms. The van der Waals surface area contributed by atoms with Gasteiger partial charge in [0.25, 0.3) is 0 Å². The monoisotopic (exact) mass is 411 g/mol. The van der Waals surface area contributed by atoms with Crippen molar-refractivity contribution in [3.05, 3.63) is 0 Å². The Morgan fingerprint density at radius 3 is 0.727 bits per heavy atom. The Balaban J connectivity index is -0.000000107. The Bertz CT molecular complexity index is 35.6. The van der Waals surface area contributed by atoms with Gasteiger partial charge in [0.15, 0.2) is 0 Å². The summed E-state index contributed by atoms with van der Waals surface area (Å²) in [5.74, 6) is 0. The van der Waals surface area contributed by atoms with Crippen LogP contribution >= 0.6 is 37.0 Å². The number of hydrogen-bond acceptors (Lipinski definition) is 0. The van der Waals surface area contributed by atoms with E-state index in [0.717, 1.165) is 0 Å². The van der Waals surface area contributed by atoms with E-state index in [-0.39, 0.29) is 21.1 Å². The van der Waals surface area contributed by atoms with E-state index < -0.39 is 0 Å². The van der Waals surface area contributed by atoms with Gasteiger partial charge in [0.2, 0.25) is 0 Å². The standard InChI is InChI=1S/2C3H10P2.Pt/c2*4-2-1-3-5;/h2*1-5H2;. The topological polar surface area (TPSA) is 0 Å². The van der Waals surface area contributed by atoms with Crippen molar-refractivity contribution in [2.75, 3.05) is 24.6 Å². The molecule has 0 aliphatic rings. The normalized spacial score (nSPS) is 7.64. The quantitative estimate of drug-likeness (QED) is 0.623. The molecule has 0 amide bonds. The van der Waals surface area contributed by atoms with Crippen LogP contribution < -0.4 is 0 Å². The molecule has 11 heavy (non-hydrogen) atoms. The Kier molecular flexibility index (Phi) is 39.6. The SMILES string of the molecule is PCCCP.PCCCP.[Pt]. The molecule has 0 rings (SSSR count). The van der Waals surface area contributed by atoms with E-state index >= 15 is 0 Å². The number of hydrogen-bond donors (Lipinski definition) is 0. The van der Waals surface area contributed by atoms with Crippen molar-refractivity contribution in [3.63, 3.8) is 0 Å². The minimum atomic E-state index is 0. The first-order chi connectivity index (χ1) is 4.83. The third-order valence-electron chi connectivity index (χ3n) is 0.816. The molecule has 5 heteroatoms. The summed E-state index contributed by atoms with van der Waals surface area (Å²) in [5.41, 5.74) is 0. The van der Waals surface area contributed by atoms with Gasteiger partial charge in [-0.15, -0.1) is 37.0 Å². The van der Waals surface area contributed by atoms with Crippen LogP contribution in [0.1, 0.15) is 12.8 Å². The summed E-state index contributed by atoms with van der Waals surface area (Å²) in [6, 6.07) is 0. The molecule has 0 aromatic carbocycles. The van der Waals surface area contributed by atoms with E-state index in [1.807, 2.05) is 0 Å². The third-order valence-corrected chi connectivity index (χ3v) is 2.45. The molecule has 0 saturated carbocycles. The molecule has 0 saturated heterocycles. The zero-order valence-corrected chi connectivity index (χ0v) is 13.8. The van der Waals surface area contributed by atoms with Crippen LogP contribution in [0.4, 0.5) is 0 Å². The molecule has 0 aromatic heterocycles. The van der Waals surface area contributed by atoms with Crippen molar-refractivity contribution in [3.8, 4) is 0 Å². The summed E-state index contributed by atoms with van der Waals surface area (Å²) < 4.78 is 0. The molecule has 0 heterocycles. The minimum Gasteiger partial charge on any atom is -0.138 e. The maximum Gasteiger partial charge on any atom is 0 e. The van der Waals surface area contributed by atoms with E-state index in [4.69, 9.17) is 0 Å². The van der Waals surface area contributed by atoms with Crippen LogP contribution in [-0.2, 0) is 21.1 Å². The molecular weight excluding hydrogens is 391 g/mol. The first-order valence-corrected chi connectivity index (χ1v) is 6.90. The molecule has 0 aromatic rings. The fourth-order valence-electron chi connectivity index (χ4n) is 0.236. The molecular formula is C6H20P4Pt. The summed E-state index contributed by atoms with van der Waals surface area (Å²) in [6.45, 7) is 0. The molecule has 74 valence electrons. The van der Waals surface area contributed by atoms with Gasteiger partial charge in [-0.25, -0.2) is 0 Å². The van der Waals surface area contributed by atoms with E-state index in [2.05, 4.69) is 37.0 Å². The van der Waals surface area contributed by atoms with Crippen LogP contribution in [0.25, 0.3) is 0 Å². The summed E-state index contributed by atoms with van der Waals surface area (Å²) in [5, 5.41) is 0. The van der Waals surface area contributed by atoms with E-state index in [1.54, 1.807) is 0 Å². The zero-order valence-electron chi connectivity index (χ0n) is 6.87. The van der Waals surface area contributed by atoms with Crippen LogP contribution in [0.3, 0.4) is 0 Å². The predicted molar refractivity (Wildman–Crippen MR) is 67.5 cm³/mol. The summed E-state index contributed by atoms with van der Waals surface area (Å²) in [4.78, 5) is 0. The van der Waals surface area contributed by atoms with Crippen LogP contribution in [0.2, 0.25) is 0 Å². The van der Waals surface area contributed by atoms with Gasteiger partial charge in [-0.2, -0.15) is 0 Å². The largest absolute Gasteiger partial charge is 0.138 e. The fourth-order valence-corrected chi connectivity index (χ4v) is 2.12. The Hall–Kier alpha value is 2.41. The maximum absolute atomic E-state index is 2.69. The molecule has 0 radical (unpaired) electrons. The summed E-state index contributed by atoms with van der Waals surface area (Å²) in [6.07, 6.45) is 7.59. The first kappa shape index (κ1) is 19.1. The second kappa shape index (κ2) is 22.8. The second-order valence-corrected chi connectivity index (χ2v) is 4.17. The van der Waals surface area contributed by atoms with Gasteiger partial charge in [0.1, 0.15) is 0 Å². The first-order valence-electron chi connectivity index (χ1n) is 3.63. The molecule has 0 aliphatic heterocycles. The van der Waals surface area contributed by atoms with Crippen LogP contribution in [0.15, 0.2) is 0 Å². The van der Waals surface area contributed by atoms with Gasteiger partial charge in [-0.1, -0.05) is 0 Å². The fraction of sp³-hybridized carbons (Fsp3) is 1.00. The summed E-state index contributed by atoms with van der Waals surface area (Å²) in [7, 11) is 10.7. The van der Waals surface area contributed by atoms with Crippen LogP contribution in [0, 0.1) is 0 Å². The minimum absolute atomic E-state index is 0. The Morgan fingerprint density at radius 1 is 0.545 bits per heavy atom. The number of rotatable bonds is 4. The van der Waals surface area contributed by atoms with Crippen molar-refractivity contribution in [1.29, 1.82) is 0 Å². The van der Waals surface area contributed by atoms with E-state index in [0.29, 0.717) is 0 Å². The van der Waals surface area contributed by atoms with Crippen molar-refractivity contribution in [1.82, 2.24) is 0 Å². The van der Waals surface area contributed by atoms with Gasteiger partial charge < -0.3 is 0 Å². The van der Waals surface area contributed by atoms with Crippen molar-refractivity contribution in [2.24, 2.45) is 0 Å². The molecule has 0 N–H and O–H groups in total. The zero-order chi connectivity index (χ0) is 8.24. The molecule has 4 unspecified atom stereocenters. The Labute approximate surface area is 95.3 Å². The molecule has 0 nitrogen and oxygen atoms in total. The van der Waals surface area contributed by atoms with E-state index in [9.17, 15) is 0 Å². The molecule has 4 atom stereocenters. The van der Waals surface area contributed by atoms with Crippen LogP contribution in [-0.4, -0.2) is 24.6 Å². The average Bonchev–Trinajstić information content (AvgIpc) is 1.93. The van der Waals surface area contributed by atoms with Gasteiger partial charge in [-0.3, -0.25) is 0 Å². The van der Waals surface area contributed by atoms with Gasteiger partial charge in [0, 0.05) is 21.1 Å². The maximum atomic E-state index is 2.69. The summed E-state index contributed by atoms with van der Waals surface area (Å²) >= 11 is 0. The predicted octanol–water partition coefficient (Wildman–Crippen LogP) is 2.25. The Morgan fingerprint density at radius 2 is 0.727 bits per heavy atom. The van der Waals surface area contributed by atoms with Crippen molar-refractivity contribution in [2.45, 2.75) is 12.8 Å². The smallest absolute Gasteiger partial charge is 0 e.